The van der Waals surface area contributed by atoms with E-state index in [0.29, 0.717) is 24.2 Å². The van der Waals surface area contributed by atoms with Crippen LogP contribution in [0.2, 0.25) is 0 Å². The van der Waals surface area contributed by atoms with Crippen molar-refractivity contribution in [1.82, 2.24) is 9.62 Å². The first-order chi connectivity index (χ1) is 13.8. The Kier molecular flexibility index (Phi) is 6.75. The second-order valence-electron chi connectivity index (χ2n) is 7.97. The highest BCUT2D eigenvalue weighted by molar-refractivity contribution is 7.88. The Labute approximate surface area is 174 Å². The van der Waals surface area contributed by atoms with Gasteiger partial charge in [0.25, 0.3) is 5.91 Å². The van der Waals surface area contributed by atoms with Crippen LogP contribution in [0.5, 0.6) is 0 Å². The first-order valence-electron chi connectivity index (χ1n) is 10.2. The highest BCUT2D eigenvalue weighted by Gasteiger charge is 2.24. The van der Waals surface area contributed by atoms with Gasteiger partial charge in [-0.25, -0.2) is 12.7 Å². The third-order valence-electron chi connectivity index (χ3n) is 5.51. The summed E-state index contributed by atoms with van der Waals surface area (Å²) in [6, 6.07) is 13.0. The Morgan fingerprint density at radius 2 is 1.69 bits per heavy atom. The Bertz CT molecular complexity index is 962. The molecule has 1 amide bonds. The van der Waals surface area contributed by atoms with E-state index in [1.165, 1.54) is 5.56 Å². The van der Waals surface area contributed by atoms with Gasteiger partial charge in [0.2, 0.25) is 10.0 Å². The molecule has 0 unspecified atom stereocenters. The fraction of sp³-hybridized carbons (Fsp3) is 0.435. The maximum absolute atomic E-state index is 12.6. The van der Waals surface area contributed by atoms with E-state index in [9.17, 15) is 13.2 Å². The topological polar surface area (TPSA) is 66.5 Å². The fourth-order valence-electron chi connectivity index (χ4n) is 3.87. The summed E-state index contributed by atoms with van der Waals surface area (Å²) in [5, 5.41) is 3.03. The molecular formula is C23H30N2O3S. The molecule has 2 aromatic carbocycles. The van der Waals surface area contributed by atoms with E-state index in [1.807, 2.05) is 32.9 Å². The predicted molar refractivity (Wildman–Crippen MR) is 116 cm³/mol. The number of piperidine rings is 1. The number of sulfonamides is 1. The van der Waals surface area contributed by atoms with E-state index in [-0.39, 0.29) is 17.7 Å². The van der Waals surface area contributed by atoms with Crippen LogP contribution in [0.3, 0.4) is 0 Å². The Balaban J connectivity index is 1.64. The number of hydrogen-bond donors (Lipinski definition) is 1. The first kappa shape index (κ1) is 21.5. The predicted octanol–water partition coefficient (Wildman–Crippen LogP) is 4.11. The van der Waals surface area contributed by atoms with Crippen LogP contribution in [0.25, 0.3) is 0 Å². The zero-order chi connectivity index (χ0) is 21.0. The molecule has 2 aromatic rings. The minimum atomic E-state index is -3.30. The summed E-state index contributed by atoms with van der Waals surface area (Å²) in [6.07, 6.45) is 2.95. The average Bonchev–Trinajstić information content (AvgIpc) is 2.68. The molecule has 1 saturated heterocycles. The minimum Gasteiger partial charge on any atom is -0.346 e. The van der Waals surface area contributed by atoms with Crippen molar-refractivity contribution in [1.29, 1.82) is 0 Å². The number of carbonyl (C=O) groups is 1. The van der Waals surface area contributed by atoms with Crippen LogP contribution >= 0.6 is 0 Å². The van der Waals surface area contributed by atoms with Crippen LogP contribution in [0.1, 0.15) is 64.8 Å². The standard InChI is InChI=1S/C23H30N2O3S/c1-17-7-12-22(18(2)15-17)19(3)24-23(26)21-10-8-20(9-11-21)16-29(27,28)25-13-5-4-6-14-25/h7-12,15,19H,4-6,13-14,16H2,1-3H3,(H,24,26)/t19-/m0/s1. The van der Waals surface area contributed by atoms with E-state index in [2.05, 4.69) is 11.4 Å². The van der Waals surface area contributed by atoms with Crippen molar-refractivity contribution in [3.8, 4) is 0 Å². The number of carbonyl (C=O) groups excluding carboxylic acids is 1. The van der Waals surface area contributed by atoms with Gasteiger partial charge in [-0.1, -0.05) is 42.3 Å². The van der Waals surface area contributed by atoms with E-state index >= 15 is 0 Å². The number of nitrogens with one attached hydrogen (secondary N) is 1. The molecule has 156 valence electrons. The van der Waals surface area contributed by atoms with Gasteiger partial charge in [-0.15, -0.1) is 0 Å². The van der Waals surface area contributed by atoms with E-state index in [0.717, 1.165) is 30.4 Å². The van der Waals surface area contributed by atoms with Crippen LogP contribution in [0.15, 0.2) is 42.5 Å². The zero-order valence-electron chi connectivity index (χ0n) is 17.4. The summed E-state index contributed by atoms with van der Waals surface area (Å²) >= 11 is 0. The number of amides is 1. The smallest absolute Gasteiger partial charge is 0.251 e. The summed E-state index contributed by atoms with van der Waals surface area (Å²) in [6.45, 7) is 7.28. The lowest BCUT2D eigenvalue weighted by molar-refractivity contribution is 0.0940. The summed E-state index contributed by atoms with van der Waals surface area (Å²) in [4.78, 5) is 12.6. The van der Waals surface area contributed by atoms with Crippen LogP contribution in [0.4, 0.5) is 0 Å². The van der Waals surface area contributed by atoms with Crippen LogP contribution in [-0.2, 0) is 15.8 Å². The second-order valence-corrected chi connectivity index (χ2v) is 9.94. The van der Waals surface area contributed by atoms with E-state index in [1.54, 1.807) is 28.6 Å². The third kappa shape index (κ3) is 5.46. The fourth-order valence-corrected chi connectivity index (χ4v) is 5.48. The lowest BCUT2D eigenvalue weighted by Crippen LogP contribution is -2.36. The van der Waals surface area contributed by atoms with Gasteiger partial charge in [0.05, 0.1) is 11.8 Å². The van der Waals surface area contributed by atoms with Gasteiger partial charge < -0.3 is 5.32 Å². The maximum atomic E-state index is 12.6. The van der Waals surface area contributed by atoms with Gasteiger partial charge in [-0.3, -0.25) is 4.79 Å². The minimum absolute atomic E-state index is 0.0200. The third-order valence-corrected chi connectivity index (χ3v) is 7.36. The molecule has 0 saturated carbocycles. The molecule has 0 aromatic heterocycles. The highest BCUT2D eigenvalue weighted by atomic mass is 32.2. The Hall–Kier alpha value is -2.18. The van der Waals surface area contributed by atoms with Gasteiger partial charge in [0.15, 0.2) is 0 Å². The Morgan fingerprint density at radius 1 is 1.03 bits per heavy atom. The van der Waals surface area contributed by atoms with E-state index < -0.39 is 10.0 Å². The molecule has 0 aliphatic carbocycles. The first-order valence-corrected chi connectivity index (χ1v) is 11.8. The van der Waals surface area contributed by atoms with Crippen molar-refractivity contribution in [3.05, 3.63) is 70.3 Å². The van der Waals surface area contributed by atoms with Crippen molar-refractivity contribution in [2.45, 2.75) is 51.8 Å². The Morgan fingerprint density at radius 3 is 2.31 bits per heavy atom. The molecule has 5 nitrogen and oxygen atoms in total. The van der Waals surface area contributed by atoms with Gasteiger partial charge in [-0.2, -0.15) is 0 Å². The molecule has 0 radical (unpaired) electrons. The van der Waals surface area contributed by atoms with Gasteiger partial charge in [0.1, 0.15) is 0 Å². The molecule has 1 N–H and O–H groups in total. The molecule has 3 rings (SSSR count). The zero-order valence-corrected chi connectivity index (χ0v) is 18.3. The van der Waals surface area contributed by atoms with E-state index in [4.69, 9.17) is 0 Å². The molecule has 1 aliphatic heterocycles. The maximum Gasteiger partial charge on any atom is 0.251 e. The summed E-state index contributed by atoms with van der Waals surface area (Å²) in [7, 11) is -3.30. The number of aryl methyl sites for hydroxylation is 2. The molecule has 1 aliphatic rings. The molecule has 0 bridgehead atoms. The summed E-state index contributed by atoms with van der Waals surface area (Å²) in [5.41, 5.74) is 4.67. The lowest BCUT2D eigenvalue weighted by Gasteiger charge is -2.25. The number of benzene rings is 2. The molecule has 1 heterocycles. The number of nitrogens with zero attached hydrogens (tertiary/aromatic N) is 1. The molecule has 0 spiro atoms. The second kappa shape index (κ2) is 9.09. The quantitative estimate of drug-likeness (QED) is 0.773. The van der Waals surface area contributed by atoms with Crippen molar-refractivity contribution >= 4 is 15.9 Å². The largest absolute Gasteiger partial charge is 0.346 e. The van der Waals surface area contributed by atoms with Crippen molar-refractivity contribution in [3.63, 3.8) is 0 Å². The monoisotopic (exact) mass is 414 g/mol. The molecule has 1 atom stereocenters. The van der Waals surface area contributed by atoms with Crippen LogP contribution < -0.4 is 5.32 Å². The van der Waals surface area contributed by atoms with Crippen LogP contribution in [-0.4, -0.2) is 31.7 Å². The molecule has 1 fully saturated rings. The average molecular weight is 415 g/mol. The highest BCUT2D eigenvalue weighted by Crippen LogP contribution is 2.20. The SMILES string of the molecule is Cc1ccc([C@H](C)NC(=O)c2ccc(CS(=O)(=O)N3CCCCC3)cc2)c(C)c1. The molecular weight excluding hydrogens is 384 g/mol. The van der Waals surface area contributed by atoms with Gasteiger partial charge in [0, 0.05) is 18.7 Å². The van der Waals surface area contributed by atoms with Crippen LogP contribution in [0, 0.1) is 13.8 Å². The normalized spacial score (nSPS) is 16.4. The number of rotatable bonds is 6. The van der Waals surface area contributed by atoms with Crippen molar-refractivity contribution < 1.29 is 13.2 Å². The van der Waals surface area contributed by atoms with Crippen molar-refractivity contribution in [2.75, 3.05) is 13.1 Å². The summed E-state index contributed by atoms with van der Waals surface area (Å²) < 4.78 is 26.7. The number of hydrogen-bond acceptors (Lipinski definition) is 3. The van der Waals surface area contributed by atoms with Crippen molar-refractivity contribution in [2.24, 2.45) is 0 Å². The van der Waals surface area contributed by atoms with Gasteiger partial charge in [-0.05, 0) is 62.4 Å². The molecule has 6 heteroatoms. The molecule has 29 heavy (non-hydrogen) atoms. The summed E-state index contributed by atoms with van der Waals surface area (Å²) in [5.74, 6) is -0.184. The lowest BCUT2D eigenvalue weighted by atomic mass is 10.00. The van der Waals surface area contributed by atoms with Gasteiger partial charge >= 0.3 is 0 Å².